The van der Waals surface area contributed by atoms with Crippen LogP contribution in [-0.2, 0) is 4.74 Å². The zero-order valence-corrected chi connectivity index (χ0v) is 12.7. The number of ether oxygens (including phenoxy) is 1. The molecule has 3 rings (SSSR count). The van der Waals surface area contributed by atoms with Crippen molar-refractivity contribution in [2.24, 2.45) is 0 Å². The average molecular weight is 381 g/mol. The van der Waals surface area contributed by atoms with Gasteiger partial charge in [0.15, 0.2) is 23.2 Å². The molecule has 2 aromatic heterocycles. The van der Waals surface area contributed by atoms with E-state index in [1.165, 1.54) is 10.9 Å². The molecule has 5 atom stereocenters. The van der Waals surface area contributed by atoms with Crippen molar-refractivity contribution < 1.29 is 20.1 Å². The first kappa shape index (κ1) is 14.9. The number of aliphatic hydroxyl groups is 3. The summed E-state index contributed by atoms with van der Waals surface area (Å²) in [5.74, 6) is 0.130. The normalized spacial score (nSPS) is 30.9. The van der Waals surface area contributed by atoms with Gasteiger partial charge in [-0.3, -0.25) is 4.57 Å². The highest BCUT2D eigenvalue weighted by molar-refractivity contribution is 9.09. The standard InChI is InChI=1S/C10H11BrClN5O4/c11-6(20)5-3(18)4(19)9(21-5)17-8-2(16-10(17)12)7(13)14-1-15-8/h1,3-6,9,18-20H,(H2,13,14,15)/t3-,4+,5-,6?,9+/m0/s1. The molecule has 21 heavy (non-hydrogen) atoms. The Balaban J connectivity index is 2.09. The zero-order chi connectivity index (χ0) is 15.3. The molecule has 9 nitrogen and oxygen atoms in total. The number of anilines is 1. The van der Waals surface area contributed by atoms with Crippen molar-refractivity contribution in [3.05, 3.63) is 11.6 Å². The molecule has 0 bridgehead atoms. The van der Waals surface area contributed by atoms with Crippen LogP contribution in [0.15, 0.2) is 6.33 Å². The summed E-state index contributed by atoms with van der Waals surface area (Å²) in [6.07, 6.45) is -3.51. The van der Waals surface area contributed by atoms with Gasteiger partial charge in [-0.25, -0.2) is 15.0 Å². The monoisotopic (exact) mass is 379 g/mol. The van der Waals surface area contributed by atoms with Crippen molar-refractivity contribution in [1.82, 2.24) is 19.5 Å². The van der Waals surface area contributed by atoms with E-state index < -0.39 is 29.6 Å². The molecular weight excluding hydrogens is 369 g/mol. The predicted molar refractivity (Wildman–Crippen MR) is 75.6 cm³/mol. The highest BCUT2D eigenvalue weighted by Crippen LogP contribution is 2.36. The maximum absolute atomic E-state index is 10.1. The number of rotatable bonds is 2. The third kappa shape index (κ3) is 2.28. The lowest BCUT2D eigenvalue weighted by molar-refractivity contribution is -0.0577. The molecule has 0 radical (unpaired) electrons. The number of nitrogen functional groups attached to an aromatic ring is 1. The number of hydrogen-bond donors (Lipinski definition) is 4. The molecule has 0 aromatic carbocycles. The minimum absolute atomic E-state index is 0.0295. The second-order valence-electron chi connectivity index (χ2n) is 4.53. The Bertz CT molecular complexity index is 683. The van der Waals surface area contributed by atoms with Crippen LogP contribution in [0.1, 0.15) is 6.23 Å². The smallest absolute Gasteiger partial charge is 0.207 e. The Hall–Kier alpha value is -1.04. The topological polar surface area (TPSA) is 140 Å². The molecule has 0 spiro atoms. The van der Waals surface area contributed by atoms with Gasteiger partial charge in [-0.2, -0.15) is 0 Å². The predicted octanol–water partition coefficient (Wildman–Crippen LogP) is -0.606. The summed E-state index contributed by atoms with van der Waals surface area (Å²) < 4.78 is 6.75. The fourth-order valence-corrected chi connectivity index (χ4v) is 2.95. The van der Waals surface area contributed by atoms with Crippen LogP contribution in [0.25, 0.3) is 11.2 Å². The van der Waals surface area contributed by atoms with Gasteiger partial charge in [0.1, 0.15) is 29.7 Å². The highest BCUT2D eigenvalue weighted by Gasteiger charge is 2.47. The van der Waals surface area contributed by atoms with Crippen molar-refractivity contribution in [2.75, 3.05) is 5.73 Å². The SMILES string of the molecule is Nc1ncnc2c1nc(Cl)n2[C@@H]1O[C@H](C(O)Br)[C@@H](O)[C@H]1O. The van der Waals surface area contributed by atoms with Crippen molar-refractivity contribution in [1.29, 1.82) is 0 Å². The molecular formula is C10H11BrClN5O4. The van der Waals surface area contributed by atoms with Gasteiger partial charge in [0, 0.05) is 0 Å². The van der Waals surface area contributed by atoms with Crippen LogP contribution in [-0.4, -0.2) is 58.2 Å². The fourth-order valence-electron chi connectivity index (χ4n) is 2.25. The van der Waals surface area contributed by atoms with Crippen LogP contribution in [0.5, 0.6) is 0 Å². The Morgan fingerprint density at radius 1 is 1.38 bits per heavy atom. The maximum atomic E-state index is 10.1. The Labute approximate surface area is 131 Å². The third-order valence-corrected chi connectivity index (χ3v) is 4.05. The number of aliphatic hydroxyl groups excluding tert-OH is 3. The van der Waals surface area contributed by atoms with E-state index in [1.807, 2.05) is 0 Å². The molecule has 2 aromatic rings. The summed E-state index contributed by atoms with van der Waals surface area (Å²) in [5, 5.41) is 28.3. The van der Waals surface area contributed by atoms with Gasteiger partial charge in [0.25, 0.3) is 0 Å². The lowest BCUT2D eigenvalue weighted by atomic mass is 10.1. The molecule has 114 valence electrons. The second-order valence-corrected chi connectivity index (χ2v) is 5.80. The van der Waals surface area contributed by atoms with Crippen molar-refractivity contribution in [3.8, 4) is 0 Å². The largest absolute Gasteiger partial charge is 0.387 e. The number of imidazole rings is 1. The van der Waals surface area contributed by atoms with E-state index in [2.05, 4.69) is 30.9 Å². The summed E-state index contributed by atoms with van der Waals surface area (Å²) in [7, 11) is 0. The summed E-state index contributed by atoms with van der Waals surface area (Å²) in [6, 6.07) is 0. The number of halogens is 2. The summed E-state index contributed by atoms with van der Waals surface area (Å²) in [5.41, 5.74) is 6.21. The van der Waals surface area contributed by atoms with Crippen LogP contribution in [0, 0.1) is 0 Å². The fraction of sp³-hybridized carbons (Fsp3) is 0.500. The lowest BCUT2D eigenvalue weighted by Crippen LogP contribution is -2.36. The molecule has 1 aliphatic rings. The molecule has 0 aliphatic carbocycles. The van der Waals surface area contributed by atoms with E-state index in [-0.39, 0.29) is 22.3 Å². The van der Waals surface area contributed by atoms with Gasteiger partial charge in [-0.1, -0.05) is 15.9 Å². The number of aromatic nitrogens is 4. The van der Waals surface area contributed by atoms with E-state index in [0.29, 0.717) is 0 Å². The summed E-state index contributed by atoms with van der Waals surface area (Å²) >= 11 is 8.94. The van der Waals surface area contributed by atoms with Crippen molar-refractivity contribution in [3.63, 3.8) is 0 Å². The zero-order valence-electron chi connectivity index (χ0n) is 10.3. The van der Waals surface area contributed by atoms with Crippen molar-refractivity contribution >= 4 is 44.5 Å². The molecule has 1 aliphatic heterocycles. The minimum Gasteiger partial charge on any atom is -0.387 e. The minimum atomic E-state index is -1.33. The lowest BCUT2D eigenvalue weighted by Gasteiger charge is -2.17. The van der Waals surface area contributed by atoms with Crippen LogP contribution in [0.2, 0.25) is 5.28 Å². The Morgan fingerprint density at radius 3 is 2.71 bits per heavy atom. The molecule has 0 amide bonds. The highest BCUT2D eigenvalue weighted by atomic mass is 79.9. The Morgan fingerprint density at radius 2 is 2.10 bits per heavy atom. The summed E-state index contributed by atoms with van der Waals surface area (Å²) in [6.45, 7) is 0. The third-order valence-electron chi connectivity index (χ3n) is 3.26. The van der Waals surface area contributed by atoms with Gasteiger partial charge >= 0.3 is 0 Å². The van der Waals surface area contributed by atoms with E-state index in [9.17, 15) is 15.3 Å². The number of hydrogen-bond acceptors (Lipinski definition) is 8. The molecule has 1 saturated heterocycles. The van der Waals surface area contributed by atoms with E-state index in [1.54, 1.807) is 0 Å². The molecule has 11 heteroatoms. The van der Waals surface area contributed by atoms with E-state index in [4.69, 9.17) is 22.1 Å². The molecule has 3 heterocycles. The van der Waals surface area contributed by atoms with Crippen molar-refractivity contribution in [2.45, 2.75) is 29.6 Å². The average Bonchev–Trinajstić information content (AvgIpc) is 2.90. The van der Waals surface area contributed by atoms with Gasteiger partial charge in [0.05, 0.1) is 0 Å². The molecule has 5 N–H and O–H groups in total. The number of nitrogens with zero attached hydrogens (tertiary/aromatic N) is 4. The molecule has 0 saturated carbocycles. The van der Waals surface area contributed by atoms with Crippen LogP contribution < -0.4 is 5.73 Å². The second kappa shape index (κ2) is 5.30. The van der Waals surface area contributed by atoms with Crippen LogP contribution in [0.4, 0.5) is 5.82 Å². The first-order valence-electron chi connectivity index (χ1n) is 5.89. The van der Waals surface area contributed by atoms with E-state index >= 15 is 0 Å². The summed E-state index contributed by atoms with van der Waals surface area (Å²) in [4.78, 5) is 11.8. The molecule has 1 unspecified atom stereocenters. The van der Waals surface area contributed by atoms with Gasteiger partial charge in [-0.05, 0) is 11.6 Å². The number of fused-ring (bicyclic) bond motifs is 1. The van der Waals surface area contributed by atoms with Gasteiger partial charge in [-0.15, -0.1) is 0 Å². The van der Waals surface area contributed by atoms with Crippen LogP contribution in [0.3, 0.4) is 0 Å². The van der Waals surface area contributed by atoms with E-state index in [0.717, 1.165) is 0 Å². The molecule has 1 fully saturated rings. The quantitative estimate of drug-likeness (QED) is 0.400. The number of alkyl halides is 1. The Kier molecular flexibility index (Phi) is 3.76. The van der Waals surface area contributed by atoms with Gasteiger partial charge < -0.3 is 25.8 Å². The van der Waals surface area contributed by atoms with Gasteiger partial charge in [0.2, 0.25) is 5.28 Å². The maximum Gasteiger partial charge on any atom is 0.207 e. The van der Waals surface area contributed by atoms with Crippen LogP contribution >= 0.6 is 27.5 Å². The first-order chi connectivity index (χ1) is 9.91. The first-order valence-corrected chi connectivity index (χ1v) is 7.19. The number of nitrogens with two attached hydrogens (primary N) is 1.